The Kier molecular flexibility index (Phi) is 2.81. The highest BCUT2D eigenvalue weighted by Crippen LogP contribution is 2.34. The van der Waals surface area contributed by atoms with Crippen molar-refractivity contribution in [2.24, 2.45) is 0 Å². The predicted molar refractivity (Wildman–Crippen MR) is 58.9 cm³/mol. The maximum atomic E-state index is 14.0. The number of nitrogens with zero attached hydrogens (tertiary/aromatic N) is 4. The van der Waals surface area contributed by atoms with Gasteiger partial charge in [0.1, 0.15) is 18.5 Å². The topological polar surface area (TPSA) is 114 Å². The lowest BCUT2D eigenvalue weighted by atomic mass is 10.1. The monoisotopic (exact) mass is 270 g/mol. The van der Waals surface area contributed by atoms with Crippen LogP contribution in [0.25, 0.3) is 11.2 Å². The van der Waals surface area contributed by atoms with E-state index in [0.717, 1.165) is 6.33 Å². The summed E-state index contributed by atoms with van der Waals surface area (Å²) in [6, 6.07) is 0. The lowest BCUT2D eigenvalue weighted by Gasteiger charge is -2.14. The number of rotatable bonds is 2. The van der Waals surface area contributed by atoms with E-state index in [0.29, 0.717) is 0 Å². The molecule has 3 heterocycles. The first-order chi connectivity index (χ1) is 9.13. The van der Waals surface area contributed by atoms with Gasteiger partial charge in [0, 0.05) is 0 Å². The van der Waals surface area contributed by atoms with Crippen molar-refractivity contribution in [1.29, 1.82) is 0 Å². The molecule has 1 aliphatic heterocycles. The molecule has 0 aliphatic carbocycles. The van der Waals surface area contributed by atoms with E-state index in [1.807, 2.05) is 0 Å². The van der Waals surface area contributed by atoms with Crippen LogP contribution in [-0.4, -0.2) is 59.8 Å². The standard InChI is InChI=1S/C10H11FN4O4/c11-5-7(17)4(1-16)19-10(5)15-3-14-6-8(15)12-2-13-9(6)18/h2-5,7,10,16-17H,1H2,(H,12,13,18)/t4-,5-,7+,10-/m1/s1. The molecule has 9 heteroatoms. The van der Waals surface area contributed by atoms with Crippen molar-refractivity contribution in [2.75, 3.05) is 6.61 Å². The Bertz CT molecular complexity index is 606. The molecule has 0 bridgehead atoms. The van der Waals surface area contributed by atoms with Crippen molar-refractivity contribution in [3.63, 3.8) is 0 Å². The molecule has 0 saturated carbocycles. The van der Waals surface area contributed by atoms with Crippen LogP contribution in [0.5, 0.6) is 5.88 Å². The van der Waals surface area contributed by atoms with Crippen molar-refractivity contribution in [1.82, 2.24) is 19.5 Å². The van der Waals surface area contributed by atoms with Crippen LogP contribution in [0.3, 0.4) is 0 Å². The molecular formula is C10H11FN4O4. The molecule has 1 aliphatic rings. The number of ether oxygens (including phenoxy) is 1. The summed E-state index contributed by atoms with van der Waals surface area (Å²) in [6.45, 7) is -0.495. The Balaban J connectivity index is 2.04. The van der Waals surface area contributed by atoms with Gasteiger partial charge in [-0.3, -0.25) is 4.57 Å². The average Bonchev–Trinajstić information content (AvgIpc) is 2.94. The number of alkyl halides is 1. The quantitative estimate of drug-likeness (QED) is 0.649. The normalized spacial score (nSPS) is 31.1. The Morgan fingerprint density at radius 3 is 2.84 bits per heavy atom. The summed E-state index contributed by atoms with van der Waals surface area (Å²) in [6.07, 6.45) is -2.98. The number of hydrogen-bond acceptors (Lipinski definition) is 7. The van der Waals surface area contributed by atoms with Crippen LogP contribution in [0.1, 0.15) is 6.23 Å². The molecule has 3 rings (SSSR count). The minimum atomic E-state index is -1.73. The smallest absolute Gasteiger partial charge is 0.242 e. The molecule has 2 aromatic heterocycles. The lowest BCUT2D eigenvalue weighted by molar-refractivity contribution is -0.0459. The van der Waals surface area contributed by atoms with E-state index in [4.69, 9.17) is 9.84 Å². The first-order valence-corrected chi connectivity index (χ1v) is 5.58. The molecule has 1 fully saturated rings. The second-order valence-corrected chi connectivity index (χ2v) is 4.20. The zero-order valence-electron chi connectivity index (χ0n) is 9.59. The number of imidazole rings is 1. The molecular weight excluding hydrogens is 259 g/mol. The second-order valence-electron chi connectivity index (χ2n) is 4.20. The van der Waals surface area contributed by atoms with Crippen molar-refractivity contribution in [3.8, 4) is 5.88 Å². The van der Waals surface area contributed by atoms with Crippen LogP contribution < -0.4 is 0 Å². The number of aliphatic hydroxyl groups excluding tert-OH is 2. The largest absolute Gasteiger partial charge is 0.492 e. The van der Waals surface area contributed by atoms with Crippen LogP contribution in [0.4, 0.5) is 4.39 Å². The van der Waals surface area contributed by atoms with Gasteiger partial charge < -0.3 is 20.1 Å². The molecule has 102 valence electrons. The zero-order chi connectivity index (χ0) is 13.6. The molecule has 0 unspecified atom stereocenters. The van der Waals surface area contributed by atoms with Gasteiger partial charge in [0.15, 0.2) is 23.6 Å². The summed E-state index contributed by atoms with van der Waals surface area (Å²) in [5.41, 5.74) is 0.297. The third-order valence-electron chi connectivity index (χ3n) is 3.09. The molecule has 0 amide bonds. The maximum absolute atomic E-state index is 14.0. The van der Waals surface area contributed by atoms with Gasteiger partial charge in [-0.1, -0.05) is 0 Å². The van der Waals surface area contributed by atoms with E-state index in [1.54, 1.807) is 0 Å². The van der Waals surface area contributed by atoms with E-state index >= 15 is 0 Å². The highest BCUT2D eigenvalue weighted by molar-refractivity contribution is 5.75. The van der Waals surface area contributed by atoms with Gasteiger partial charge in [0.05, 0.1) is 12.9 Å². The van der Waals surface area contributed by atoms with E-state index < -0.39 is 31.2 Å². The van der Waals surface area contributed by atoms with E-state index in [9.17, 15) is 14.6 Å². The third kappa shape index (κ3) is 1.74. The molecule has 2 aromatic rings. The summed E-state index contributed by atoms with van der Waals surface area (Å²) in [7, 11) is 0. The third-order valence-corrected chi connectivity index (χ3v) is 3.09. The Labute approximate surface area is 106 Å². The molecule has 0 radical (unpaired) electrons. The Morgan fingerprint density at radius 1 is 1.37 bits per heavy atom. The number of halogens is 1. The number of fused-ring (bicyclic) bond motifs is 1. The second kappa shape index (κ2) is 4.37. The van der Waals surface area contributed by atoms with Crippen molar-refractivity contribution in [2.45, 2.75) is 24.6 Å². The average molecular weight is 270 g/mol. The van der Waals surface area contributed by atoms with E-state index in [2.05, 4.69) is 15.0 Å². The summed E-state index contributed by atoms with van der Waals surface area (Å²) >= 11 is 0. The van der Waals surface area contributed by atoms with Gasteiger partial charge in [0.25, 0.3) is 0 Å². The van der Waals surface area contributed by atoms with Gasteiger partial charge in [-0.2, -0.15) is 4.98 Å². The molecule has 0 spiro atoms. The van der Waals surface area contributed by atoms with Gasteiger partial charge >= 0.3 is 0 Å². The number of aromatic nitrogens is 4. The van der Waals surface area contributed by atoms with Crippen LogP contribution in [0, 0.1) is 0 Å². The first-order valence-electron chi connectivity index (χ1n) is 5.58. The fourth-order valence-corrected chi connectivity index (χ4v) is 2.10. The minimum absolute atomic E-state index is 0.111. The van der Waals surface area contributed by atoms with Crippen LogP contribution in [0.15, 0.2) is 12.7 Å². The molecule has 8 nitrogen and oxygen atoms in total. The van der Waals surface area contributed by atoms with Gasteiger partial charge in [-0.05, 0) is 0 Å². The first kappa shape index (κ1) is 12.2. The highest BCUT2D eigenvalue weighted by atomic mass is 19.1. The SMILES string of the molecule is OC[C@H]1O[C@@H](n2cnc3c(O)ncnc32)[C@H](F)[C@H]1O. The van der Waals surface area contributed by atoms with Crippen molar-refractivity contribution < 1.29 is 24.4 Å². The highest BCUT2D eigenvalue weighted by Gasteiger charge is 2.45. The fourth-order valence-electron chi connectivity index (χ4n) is 2.10. The maximum Gasteiger partial charge on any atom is 0.242 e. The fraction of sp³-hybridized carbons (Fsp3) is 0.500. The van der Waals surface area contributed by atoms with Crippen LogP contribution in [-0.2, 0) is 4.74 Å². The van der Waals surface area contributed by atoms with Crippen molar-refractivity contribution in [3.05, 3.63) is 12.7 Å². The predicted octanol–water partition coefficient (Wildman–Crippen LogP) is -0.879. The summed E-state index contributed by atoms with van der Waals surface area (Å²) in [5, 5.41) is 28.1. The van der Waals surface area contributed by atoms with Gasteiger partial charge in [0.2, 0.25) is 5.88 Å². The minimum Gasteiger partial charge on any atom is -0.492 e. The van der Waals surface area contributed by atoms with Crippen LogP contribution >= 0.6 is 0 Å². The van der Waals surface area contributed by atoms with E-state index in [-0.39, 0.29) is 17.0 Å². The number of aliphatic hydroxyl groups is 2. The van der Waals surface area contributed by atoms with Gasteiger partial charge in [-0.15, -0.1) is 0 Å². The Hall–Kier alpha value is -1.84. The Morgan fingerprint density at radius 2 is 2.16 bits per heavy atom. The number of hydrogen-bond donors (Lipinski definition) is 3. The zero-order valence-corrected chi connectivity index (χ0v) is 9.59. The number of aromatic hydroxyl groups is 1. The molecule has 0 aromatic carbocycles. The van der Waals surface area contributed by atoms with E-state index in [1.165, 1.54) is 10.9 Å². The summed E-state index contributed by atoms with van der Waals surface area (Å²) in [4.78, 5) is 11.3. The van der Waals surface area contributed by atoms with Crippen LogP contribution in [0.2, 0.25) is 0 Å². The molecule has 4 atom stereocenters. The molecule has 19 heavy (non-hydrogen) atoms. The molecule has 3 N–H and O–H groups in total. The van der Waals surface area contributed by atoms with Gasteiger partial charge in [-0.25, -0.2) is 14.4 Å². The molecule has 1 saturated heterocycles. The lowest BCUT2D eigenvalue weighted by Crippen LogP contribution is -2.30. The summed E-state index contributed by atoms with van der Waals surface area (Å²) in [5.74, 6) is -0.323. The van der Waals surface area contributed by atoms with Crippen molar-refractivity contribution >= 4 is 11.2 Å². The summed E-state index contributed by atoms with van der Waals surface area (Å²) < 4.78 is 20.5.